The first-order valence-electron chi connectivity index (χ1n) is 4.97. The average Bonchev–Trinajstić information content (AvgIpc) is 2.28. The molecule has 0 heterocycles. The number of hydrogen-bond acceptors (Lipinski definition) is 1. The van der Waals surface area contributed by atoms with Crippen LogP contribution < -0.4 is 0 Å². The van der Waals surface area contributed by atoms with Gasteiger partial charge in [-0.3, -0.25) is 0 Å². The van der Waals surface area contributed by atoms with Gasteiger partial charge in [0.1, 0.15) is 6.10 Å². The summed E-state index contributed by atoms with van der Waals surface area (Å²) in [6.45, 7) is 0. The van der Waals surface area contributed by atoms with Crippen LogP contribution in [-0.4, -0.2) is 5.11 Å². The Labute approximate surface area is 115 Å². The predicted molar refractivity (Wildman–Crippen MR) is 72.0 cm³/mol. The van der Waals surface area contributed by atoms with Crippen molar-refractivity contribution in [3.05, 3.63) is 68.7 Å². The predicted octanol–water partition coefficient (Wildman–Crippen LogP) is 4.73. The molecule has 17 heavy (non-hydrogen) atoms. The van der Waals surface area contributed by atoms with E-state index in [1.165, 1.54) is 0 Å². The minimum absolute atomic E-state index is 0.435. The van der Waals surface area contributed by atoms with Crippen molar-refractivity contribution in [3.8, 4) is 0 Å². The fraction of sp³-hybridized carbons (Fsp3) is 0.0769. The third kappa shape index (κ3) is 2.75. The van der Waals surface area contributed by atoms with Gasteiger partial charge in [-0.2, -0.15) is 0 Å². The highest BCUT2D eigenvalue weighted by Crippen LogP contribution is 2.34. The van der Waals surface area contributed by atoms with Crippen LogP contribution in [0.15, 0.2) is 42.5 Å². The summed E-state index contributed by atoms with van der Waals surface area (Å²) in [6.07, 6.45) is -0.880. The molecule has 1 atom stereocenters. The molecule has 0 amide bonds. The maximum atomic E-state index is 10.3. The molecule has 2 rings (SSSR count). The summed E-state index contributed by atoms with van der Waals surface area (Å²) in [6, 6.07) is 12.1. The van der Waals surface area contributed by atoms with Gasteiger partial charge < -0.3 is 5.11 Å². The average molecular weight is 288 g/mol. The minimum atomic E-state index is -0.880. The molecule has 88 valence electrons. The largest absolute Gasteiger partial charge is 0.384 e. The van der Waals surface area contributed by atoms with Gasteiger partial charge in [0, 0.05) is 20.6 Å². The van der Waals surface area contributed by atoms with E-state index in [9.17, 15) is 5.11 Å². The van der Waals surface area contributed by atoms with E-state index in [1.807, 2.05) is 0 Å². The van der Waals surface area contributed by atoms with E-state index in [4.69, 9.17) is 34.8 Å². The van der Waals surface area contributed by atoms with E-state index in [0.29, 0.717) is 26.2 Å². The van der Waals surface area contributed by atoms with Gasteiger partial charge in [0.2, 0.25) is 0 Å². The molecular weight excluding hydrogens is 279 g/mol. The molecule has 0 fully saturated rings. The van der Waals surface area contributed by atoms with E-state index < -0.39 is 6.10 Å². The SMILES string of the molecule is OC(c1cccc(Cl)c1)c1c(Cl)cccc1Cl. The van der Waals surface area contributed by atoms with Crippen molar-refractivity contribution >= 4 is 34.8 Å². The van der Waals surface area contributed by atoms with Crippen LogP contribution in [0.2, 0.25) is 15.1 Å². The van der Waals surface area contributed by atoms with Gasteiger partial charge in [-0.25, -0.2) is 0 Å². The van der Waals surface area contributed by atoms with Crippen LogP contribution >= 0.6 is 34.8 Å². The van der Waals surface area contributed by atoms with Crippen molar-refractivity contribution in [3.63, 3.8) is 0 Å². The molecule has 0 aliphatic carbocycles. The molecular formula is C13H9Cl3O. The van der Waals surface area contributed by atoms with Crippen LogP contribution in [-0.2, 0) is 0 Å². The van der Waals surface area contributed by atoms with Gasteiger partial charge in [-0.05, 0) is 29.8 Å². The number of rotatable bonds is 2. The summed E-state index contributed by atoms with van der Waals surface area (Å²) < 4.78 is 0. The van der Waals surface area contributed by atoms with Crippen molar-refractivity contribution in [1.82, 2.24) is 0 Å². The van der Waals surface area contributed by atoms with Crippen LogP contribution in [0.5, 0.6) is 0 Å². The maximum Gasteiger partial charge on any atom is 0.107 e. The lowest BCUT2D eigenvalue weighted by molar-refractivity contribution is 0.220. The molecule has 2 aromatic carbocycles. The summed E-state index contributed by atoms with van der Waals surface area (Å²) in [4.78, 5) is 0. The third-order valence-electron chi connectivity index (χ3n) is 2.44. The summed E-state index contributed by atoms with van der Waals surface area (Å²) in [5.74, 6) is 0. The van der Waals surface area contributed by atoms with Crippen LogP contribution in [0.4, 0.5) is 0 Å². The second-order valence-electron chi connectivity index (χ2n) is 3.59. The molecule has 0 aliphatic rings. The fourth-order valence-corrected chi connectivity index (χ4v) is 2.42. The molecule has 0 saturated heterocycles. The lowest BCUT2D eigenvalue weighted by Gasteiger charge is -2.15. The second kappa shape index (κ2) is 5.28. The Hall–Kier alpha value is -0.730. The third-order valence-corrected chi connectivity index (χ3v) is 3.33. The summed E-state index contributed by atoms with van der Waals surface area (Å²) in [5, 5.41) is 11.7. The normalized spacial score (nSPS) is 12.5. The molecule has 1 N–H and O–H groups in total. The molecule has 2 aromatic rings. The molecule has 0 aliphatic heterocycles. The fourth-order valence-electron chi connectivity index (χ4n) is 1.62. The van der Waals surface area contributed by atoms with Crippen molar-refractivity contribution < 1.29 is 5.11 Å². The highest BCUT2D eigenvalue weighted by Gasteiger charge is 2.17. The van der Waals surface area contributed by atoms with E-state index in [-0.39, 0.29) is 0 Å². The Morgan fingerprint density at radius 2 is 1.47 bits per heavy atom. The smallest absolute Gasteiger partial charge is 0.107 e. The Kier molecular flexibility index (Phi) is 3.95. The van der Waals surface area contributed by atoms with Crippen LogP contribution in [0.1, 0.15) is 17.2 Å². The first kappa shape index (κ1) is 12.7. The first-order chi connectivity index (χ1) is 8.09. The van der Waals surface area contributed by atoms with Crippen LogP contribution in [0.3, 0.4) is 0 Å². The molecule has 0 aromatic heterocycles. The molecule has 0 spiro atoms. The number of benzene rings is 2. The van der Waals surface area contributed by atoms with E-state index in [0.717, 1.165) is 0 Å². The number of aliphatic hydroxyl groups excluding tert-OH is 1. The summed E-state index contributed by atoms with van der Waals surface area (Å²) in [5.41, 5.74) is 1.16. The zero-order valence-corrected chi connectivity index (χ0v) is 11.0. The summed E-state index contributed by atoms with van der Waals surface area (Å²) >= 11 is 18.0. The van der Waals surface area contributed by atoms with Crippen molar-refractivity contribution in [2.45, 2.75) is 6.10 Å². The maximum absolute atomic E-state index is 10.3. The van der Waals surface area contributed by atoms with Crippen molar-refractivity contribution in [2.24, 2.45) is 0 Å². The zero-order chi connectivity index (χ0) is 12.4. The van der Waals surface area contributed by atoms with E-state index in [1.54, 1.807) is 42.5 Å². The molecule has 1 unspecified atom stereocenters. The molecule has 4 heteroatoms. The molecule has 0 bridgehead atoms. The standard InChI is InChI=1S/C13H9Cl3O/c14-9-4-1-3-8(7-9)13(17)12-10(15)5-2-6-11(12)16/h1-7,13,17H. The first-order valence-corrected chi connectivity index (χ1v) is 6.10. The highest BCUT2D eigenvalue weighted by atomic mass is 35.5. The van der Waals surface area contributed by atoms with E-state index in [2.05, 4.69) is 0 Å². The molecule has 0 saturated carbocycles. The number of aliphatic hydroxyl groups is 1. The van der Waals surface area contributed by atoms with Gasteiger partial charge >= 0.3 is 0 Å². The van der Waals surface area contributed by atoms with E-state index >= 15 is 0 Å². The zero-order valence-electron chi connectivity index (χ0n) is 8.70. The summed E-state index contributed by atoms with van der Waals surface area (Å²) in [7, 11) is 0. The Bertz CT molecular complexity index is 520. The van der Waals surface area contributed by atoms with Crippen LogP contribution in [0, 0.1) is 0 Å². The van der Waals surface area contributed by atoms with Crippen molar-refractivity contribution in [1.29, 1.82) is 0 Å². The lowest BCUT2D eigenvalue weighted by Crippen LogP contribution is -2.01. The highest BCUT2D eigenvalue weighted by molar-refractivity contribution is 6.36. The van der Waals surface area contributed by atoms with Crippen LogP contribution in [0.25, 0.3) is 0 Å². The Morgan fingerprint density at radius 1 is 0.882 bits per heavy atom. The number of halogens is 3. The molecule has 1 nitrogen and oxygen atoms in total. The van der Waals surface area contributed by atoms with Gasteiger partial charge in [0.25, 0.3) is 0 Å². The molecule has 0 radical (unpaired) electrons. The number of hydrogen-bond donors (Lipinski definition) is 1. The Morgan fingerprint density at radius 3 is 2.06 bits per heavy atom. The monoisotopic (exact) mass is 286 g/mol. The lowest BCUT2D eigenvalue weighted by atomic mass is 10.0. The Balaban J connectivity index is 2.47. The quantitative estimate of drug-likeness (QED) is 0.846. The minimum Gasteiger partial charge on any atom is -0.384 e. The van der Waals surface area contributed by atoms with Gasteiger partial charge in [0.05, 0.1) is 0 Å². The van der Waals surface area contributed by atoms with Gasteiger partial charge in [-0.15, -0.1) is 0 Å². The topological polar surface area (TPSA) is 20.2 Å². The van der Waals surface area contributed by atoms with Gasteiger partial charge in [0.15, 0.2) is 0 Å². The van der Waals surface area contributed by atoms with Crippen molar-refractivity contribution in [2.75, 3.05) is 0 Å². The second-order valence-corrected chi connectivity index (χ2v) is 4.84. The van der Waals surface area contributed by atoms with Gasteiger partial charge in [-0.1, -0.05) is 53.0 Å².